The van der Waals surface area contributed by atoms with Gasteiger partial charge < -0.3 is 0 Å². The summed E-state index contributed by atoms with van der Waals surface area (Å²) in [5, 5.41) is 2.72. The van der Waals surface area contributed by atoms with E-state index in [2.05, 4.69) is 70.2 Å². The molecule has 0 bridgehead atoms. The molecule has 2 aromatic carbocycles. The van der Waals surface area contributed by atoms with Crippen molar-refractivity contribution in [1.29, 1.82) is 0 Å². The standard InChI is InChI=1S/C20H28/c1-5-16(4)12-20(15(2)3)14-17-10-11-18-8-6-7-9-19(18)13-17/h6-11,13,15-16,20H,5,12,14H2,1-4H3. The second-order valence-corrected chi connectivity index (χ2v) is 6.64. The summed E-state index contributed by atoms with van der Waals surface area (Å²) >= 11 is 0. The van der Waals surface area contributed by atoms with Crippen molar-refractivity contribution in [3.63, 3.8) is 0 Å². The fourth-order valence-electron chi connectivity index (χ4n) is 2.94. The van der Waals surface area contributed by atoms with Crippen molar-refractivity contribution in [1.82, 2.24) is 0 Å². The third-order valence-electron chi connectivity index (χ3n) is 4.66. The number of hydrogen-bond acceptors (Lipinski definition) is 0. The first-order valence-electron chi connectivity index (χ1n) is 8.07. The predicted molar refractivity (Wildman–Crippen MR) is 90.1 cm³/mol. The highest BCUT2D eigenvalue weighted by Crippen LogP contribution is 2.27. The highest BCUT2D eigenvalue weighted by Gasteiger charge is 2.16. The van der Waals surface area contributed by atoms with Crippen molar-refractivity contribution in [3.8, 4) is 0 Å². The van der Waals surface area contributed by atoms with Crippen LogP contribution >= 0.6 is 0 Å². The molecule has 20 heavy (non-hydrogen) atoms. The molecule has 0 saturated carbocycles. The molecule has 0 fully saturated rings. The largest absolute Gasteiger partial charge is 0.0651 e. The van der Waals surface area contributed by atoms with Crippen LogP contribution in [0.5, 0.6) is 0 Å². The third-order valence-corrected chi connectivity index (χ3v) is 4.66. The molecule has 0 saturated heterocycles. The Kier molecular flexibility index (Phi) is 5.23. The number of benzene rings is 2. The minimum Gasteiger partial charge on any atom is -0.0651 e. The quantitative estimate of drug-likeness (QED) is 0.594. The summed E-state index contributed by atoms with van der Waals surface area (Å²) in [5.41, 5.74) is 1.49. The SMILES string of the molecule is CCC(C)CC(Cc1ccc2ccccc2c1)C(C)C. The van der Waals surface area contributed by atoms with E-state index in [-0.39, 0.29) is 0 Å². The Labute approximate surface area is 124 Å². The molecule has 0 amide bonds. The topological polar surface area (TPSA) is 0 Å². The lowest BCUT2D eigenvalue weighted by Crippen LogP contribution is -2.15. The van der Waals surface area contributed by atoms with E-state index in [4.69, 9.17) is 0 Å². The summed E-state index contributed by atoms with van der Waals surface area (Å²) < 4.78 is 0. The highest BCUT2D eigenvalue weighted by atomic mass is 14.2. The van der Waals surface area contributed by atoms with Crippen LogP contribution in [-0.2, 0) is 6.42 Å². The molecule has 0 heterocycles. The van der Waals surface area contributed by atoms with Crippen molar-refractivity contribution in [2.75, 3.05) is 0 Å². The fraction of sp³-hybridized carbons (Fsp3) is 0.500. The monoisotopic (exact) mass is 268 g/mol. The lowest BCUT2D eigenvalue weighted by molar-refractivity contribution is 0.301. The molecule has 2 atom stereocenters. The van der Waals surface area contributed by atoms with Crippen LogP contribution in [0.1, 0.15) is 46.1 Å². The van der Waals surface area contributed by atoms with Gasteiger partial charge in [-0.1, -0.05) is 76.6 Å². The Morgan fingerprint density at radius 3 is 2.25 bits per heavy atom. The average molecular weight is 268 g/mol. The molecule has 108 valence electrons. The molecule has 0 radical (unpaired) electrons. The maximum absolute atomic E-state index is 2.38. The van der Waals surface area contributed by atoms with Crippen LogP contribution in [0.4, 0.5) is 0 Å². The van der Waals surface area contributed by atoms with E-state index in [1.54, 1.807) is 0 Å². The minimum atomic E-state index is 0.760. The molecule has 0 aliphatic rings. The van der Waals surface area contributed by atoms with Gasteiger partial charge in [0.2, 0.25) is 0 Å². The molecule has 2 aromatic rings. The molecule has 0 nitrogen and oxygen atoms in total. The lowest BCUT2D eigenvalue weighted by atomic mass is 9.81. The summed E-state index contributed by atoms with van der Waals surface area (Å²) in [7, 11) is 0. The first-order chi connectivity index (χ1) is 9.60. The Morgan fingerprint density at radius 1 is 0.900 bits per heavy atom. The molecule has 0 N–H and O–H groups in total. The van der Waals surface area contributed by atoms with Gasteiger partial charge in [0, 0.05) is 0 Å². The van der Waals surface area contributed by atoms with Gasteiger partial charge in [-0.25, -0.2) is 0 Å². The molecular formula is C20H28. The Hall–Kier alpha value is -1.30. The van der Waals surface area contributed by atoms with Gasteiger partial charge in [0.15, 0.2) is 0 Å². The number of fused-ring (bicyclic) bond motifs is 1. The zero-order chi connectivity index (χ0) is 14.5. The maximum Gasteiger partial charge on any atom is -0.0181 e. The van der Waals surface area contributed by atoms with Gasteiger partial charge in [-0.05, 0) is 46.9 Å². The van der Waals surface area contributed by atoms with Crippen LogP contribution < -0.4 is 0 Å². The highest BCUT2D eigenvalue weighted by molar-refractivity contribution is 5.82. The molecule has 0 heteroatoms. The van der Waals surface area contributed by atoms with Crippen molar-refractivity contribution < 1.29 is 0 Å². The zero-order valence-electron chi connectivity index (χ0n) is 13.4. The van der Waals surface area contributed by atoms with Crippen molar-refractivity contribution >= 4 is 10.8 Å². The summed E-state index contributed by atoms with van der Waals surface area (Å²) in [6.07, 6.45) is 3.86. The van der Waals surface area contributed by atoms with E-state index in [1.165, 1.54) is 35.6 Å². The third kappa shape index (κ3) is 3.85. The maximum atomic E-state index is 2.38. The Balaban J connectivity index is 2.15. The van der Waals surface area contributed by atoms with Gasteiger partial charge in [-0.2, -0.15) is 0 Å². The van der Waals surface area contributed by atoms with Gasteiger partial charge in [0.25, 0.3) is 0 Å². The fourth-order valence-corrected chi connectivity index (χ4v) is 2.94. The summed E-state index contributed by atoms with van der Waals surface area (Å²) in [6, 6.07) is 15.6. The molecule has 2 rings (SSSR count). The molecule has 0 aliphatic carbocycles. The molecule has 2 unspecified atom stereocenters. The van der Waals surface area contributed by atoms with Crippen LogP contribution in [0.3, 0.4) is 0 Å². The normalized spacial score (nSPS) is 14.7. The van der Waals surface area contributed by atoms with Crippen molar-refractivity contribution in [2.45, 2.75) is 47.0 Å². The average Bonchev–Trinajstić information content (AvgIpc) is 2.46. The summed E-state index contributed by atoms with van der Waals surface area (Å²) in [6.45, 7) is 9.43. The molecular weight excluding hydrogens is 240 g/mol. The van der Waals surface area contributed by atoms with Crippen LogP contribution in [0, 0.1) is 17.8 Å². The minimum absolute atomic E-state index is 0.760. The molecule has 0 aromatic heterocycles. The van der Waals surface area contributed by atoms with Gasteiger partial charge in [0.1, 0.15) is 0 Å². The van der Waals surface area contributed by atoms with Crippen molar-refractivity contribution in [3.05, 3.63) is 48.0 Å². The van der Waals surface area contributed by atoms with E-state index < -0.39 is 0 Å². The van der Waals surface area contributed by atoms with Gasteiger partial charge in [-0.15, -0.1) is 0 Å². The predicted octanol–water partition coefficient (Wildman–Crippen LogP) is 6.09. The van der Waals surface area contributed by atoms with E-state index in [9.17, 15) is 0 Å². The van der Waals surface area contributed by atoms with Gasteiger partial charge >= 0.3 is 0 Å². The smallest absolute Gasteiger partial charge is 0.0181 e. The second kappa shape index (κ2) is 6.92. The zero-order valence-corrected chi connectivity index (χ0v) is 13.4. The van der Waals surface area contributed by atoms with Gasteiger partial charge in [0.05, 0.1) is 0 Å². The first kappa shape index (κ1) is 15.1. The molecule has 0 aliphatic heterocycles. The van der Waals surface area contributed by atoms with E-state index >= 15 is 0 Å². The van der Waals surface area contributed by atoms with E-state index in [0.717, 1.165) is 17.8 Å². The lowest BCUT2D eigenvalue weighted by Gasteiger charge is -2.24. The van der Waals surface area contributed by atoms with Crippen LogP contribution in [0.25, 0.3) is 10.8 Å². The van der Waals surface area contributed by atoms with Gasteiger partial charge in [-0.3, -0.25) is 0 Å². The summed E-state index contributed by atoms with van der Waals surface area (Å²) in [4.78, 5) is 0. The first-order valence-corrected chi connectivity index (χ1v) is 8.07. The summed E-state index contributed by atoms with van der Waals surface area (Å²) in [5.74, 6) is 2.39. The van der Waals surface area contributed by atoms with Crippen LogP contribution in [-0.4, -0.2) is 0 Å². The van der Waals surface area contributed by atoms with Crippen LogP contribution in [0.15, 0.2) is 42.5 Å². The molecule has 0 spiro atoms. The Morgan fingerprint density at radius 2 is 1.60 bits per heavy atom. The van der Waals surface area contributed by atoms with E-state index in [0.29, 0.717) is 0 Å². The van der Waals surface area contributed by atoms with Crippen LogP contribution in [0.2, 0.25) is 0 Å². The van der Waals surface area contributed by atoms with E-state index in [1.807, 2.05) is 0 Å². The second-order valence-electron chi connectivity index (χ2n) is 6.64. The number of rotatable bonds is 6. The number of hydrogen-bond donors (Lipinski definition) is 0. The van der Waals surface area contributed by atoms with Crippen molar-refractivity contribution in [2.24, 2.45) is 17.8 Å². The Bertz CT molecular complexity index is 538.